The van der Waals surface area contributed by atoms with Crippen LogP contribution in [0, 0.1) is 5.92 Å². The van der Waals surface area contributed by atoms with Gasteiger partial charge in [0.15, 0.2) is 0 Å². The monoisotopic (exact) mass is 400 g/mol. The van der Waals surface area contributed by atoms with Crippen molar-refractivity contribution in [2.24, 2.45) is 5.92 Å². The first-order chi connectivity index (χ1) is 11.3. The van der Waals surface area contributed by atoms with E-state index in [1.807, 2.05) is 13.8 Å². The van der Waals surface area contributed by atoms with Crippen LogP contribution >= 0.6 is 11.6 Å². The Hall–Kier alpha value is -1.48. The van der Waals surface area contributed by atoms with E-state index >= 15 is 0 Å². The minimum absolute atomic E-state index is 0.279. The van der Waals surface area contributed by atoms with E-state index in [2.05, 4.69) is 5.32 Å². The van der Waals surface area contributed by atoms with Crippen molar-refractivity contribution in [2.75, 3.05) is 23.7 Å². The molecule has 25 heavy (non-hydrogen) atoms. The number of carbonyl (C=O) groups is 1. The molecule has 0 heterocycles. The van der Waals surface area contributed by atoms with Crippen molar-refractivity contribution >= 4 is 33.2 Å². The fourth-order valence-corrected chi connectivity index (χ4v) is 3.05. The van der Waals surface area contributed by atoms with Crippen LogP contribution in [0.4, 0.5) is 18.9 Å². The van der Waals surface area contributed by atoms with Gasteiger partial charge in [-0.1, -0.05) is 25.4 Å². The van der Waals surface area contributed by atoms with Crippen molar-refractivity contribution < 1.29 is 26.4 Å². The Morgan fingerprint density at radius 1 is 1.32 bits per heavy atom. The van der Waals surface area contributed by atoms with Crippen LogP contribution in [0.25, 0.3) is 0 Å². The van der Waals surface area contributed by atoms with Crippen LogP contribution in [0.1, 0.15) is 25.8 Å². The molecule has 0 aliphatic carbocycles. The van der Waals surface area contributed by atoms with E-state index in [9.17, 15) is 26.4 Å². The molecule has 1 N–H and O–H groups in total. The molecule has 0 saturated carbocycles. The van der Waals surface area contributed by atoms with Crippen LogP contribution in [-0.2, 0) is 21.0 Å². The molecule has 142 valence electrons. The Bertz CT molecular complexity index is 721. The number of anilines is 1. The van der Waals surface area contributed by atoms with Crippen molar-refractivity contribution in [3.63, 3.8) is 0 Å². The lowest BCUT2D eigenvalue weighted by molar-refractivity contribution is -0.137. The van der Waals surface area contributed by atoms with Crippen molar-refractivity contribution in [2.45, 2.75) is 26.4 Å². The van der Waals surface area contributed by atoms with Gasteiger partial charge < -0.3 is 5.32 Å². The van der Waals surface area contributed by atoms with Crippen molar-refractivity contribution in [3.05, 3.63) is 28.8 Å². The number of carbonyl (C=O) groups excluding carboxylic acids is 1. The number of halogens is 4. The van der Waals surface area contributed by atoms with Crippen LogP contribution in [0.5, 0.6) is 0 Å². The summed E-state index contributed by atoms with van der Waals surface area (Å²) in [5.74, 6) is -0.258. The number of hydrogen-bond donors (Lipinski definition) is 1. The second kappa shape index (κ2) is 8.27. The number of hydrogen-bond acceptors (Lipinski definition) is 3. The predicted octanol–water partition coefficient (Wildman–Crippen LogP) is 3.29. The van der Waals surface area contributed by atoms with Crippen molar-refractivity contribution in [1.29, 1.82) is 0 Å². The topological polar surface area (TPSA) is 66.5 Å². The average Bonchev–Trinajstić information content (AvgIpc) is 2.42. The molecule has 0 aliphatic heterocycles. The molecule has 0 aromatic heterocycles. The summed E-state index contributed by atoms with van der Waals surface area (Å²) in [6, 6.07) is 2.69. The largest absolute Gasteiger partial charge is 0.417 e. The SMILES string of the molecule is CC(C)CCNC(=O)CN(c1ccc(Cl)c(C(F)(F)F)c1)S(C)(=O)=O. The van der Waals surface area contributed by atoms with Crippen LogP contribution in [0.15, 0.2) is 18.2 Å². The maximum absolute atomic E-state index is 13.0. The highest BCUT2D eigenvalue weighted by Crippen LogP contribution is 2.37. The summed E-state index contributed by atoms with van der Waals surface area (Å²) in [6.45, 7) is 3.65. The molecule has 0 aliphatic rings. The van der Waals surface area contributed by atoms with E-state index < -0.39 is 39.2 Å². The molecule has 10 heteroatoms. The van der Waals surface area contributed by atoms with E-state index in [1.54, 1.807) is 0 Å². The van der Waals surface area contributed by atoms with Gasteiger partial charge >= 0.3 is 6.18 Å². The fourth-order valence-electron chi connectivity index (χ4n) is 1.97. The molecule has 1 rings (SSSR count). The average molecular weight is 401 g/mol. The Balaban J connectivity index is 3.07. The lowest BCUT2D eigenvalue weighted by atomic mass is 10.1. The van der Waals surface area contributed by atoms with Gasteiger partial charge in [0.1, 0.15) is 6.54 Å². The van der Waals surface area contributed by atoms with E-state index in [-0.39, 0.29) is 5.69 Å². The molecule has 1 aromatic carbocycles. The zero-order chi connectivity index (χ0) is 19.4. The smallest absolute Gasteiger partial charge is 0.355 e. The summed E-state index contributed by atoms with van der Waals surface area (Å²) in [7, 11) is -3.97. The van der Waals surface area contributed by atoms with Gasteiger partial charge in [0.05, 0.1) is 22.5 Å². The Morgan fingerprint density at radius 2 is 1.92 bits per heavy atom. The number of nitrogens with one attached hydrogen (secondary N) is 1. The third-order valence-electron chi connectivity index (χ3n) is 3.27. The van der Waals surface area contributed by atoms with Crippen LogP contribution < -0.4 is 9.62 Å². The zero-order valence-electron chi connectivity index (χ0n) is 14.0. The summed E-state index contributed by atoms with van der Waals surface area (Å²) in [6.07, 6.45) is -3.23. The van der Waals surface area contributed by atoms with Crippen LogP contribution in [0.3, 0.4) is 0 Å². The normalized spacial score (nSPS) is 12.3. The van der Waals surface area contributed by atoms with Gasteiger partial charge in [-0.05, 0) is 30.5 Å². The quantitative estimate of drug-likeness (QED) is 0.763. The number of benzene rings is 1. The highest BCUT2D eigenvalue weighted by molar-refractivity contribution is 7.92. The van der Waals surface area contributed by atoms with E-state index in [1.165, 1.54) is 0 Å². The molecule has 0 saturated heterocycles. The van der Waals surface area contributed by atoms with Crippen molar-refractivity contribution in [1.82, 2.24) is 5.32 Å². The van der Waals surface area contributed by atoms with Gasteiger partial charge in [-0.3, -0.25) is 9.10 Å². The highest BCUT2D eigenvalue weighted by Gasteiger charge is 2.34. The molecule has 0 bridgehead atoms. The summed E-state index contributed by atoms with van der Waals surface area (Å²) >= 11 is 5.54. The maximum Gasteiger partial charge on any atom is 0.417 e. The Labute approximate surface area is 150 Å². The number of alkyl halides is 3. The molecule has 0 fully saturated rings. The summed E-state index contributed by atoms with van der Waals surface area (Å²) in [4.78, 5) is 11.9. The maximum atomic E-state index is 13.0. The Kier molecular flexibility index (Phi) is 7.13. The molecule has 5 nitrogen and oxygen atoms in total. The van der Waals surface area contributed by atoms with Gasteiger partial charge in [-0.25, -0.2) is 8.42 Å². The summed E-state index contributed by atoms with van der Waals surface area (Å²) in [5.41, 5.74) is -1.45. The van der Waals surface area contributed by atoms with Gasteiger partial charge in [-0.15, -0.1) is 0 Å². The van der Waals surface area contributed by atoms with Crippen LogP contribution in [-0.4, -0.2) is 33.7 Å². The number of sulfonamides is 1. The zero-order valence-corrected chi connectivity index (χ0v) is 15.6. The van der Waals surface area contributed by atoms with Gasteiger partial charge in [0.25, 0.3) is 0 Å². The highest BCUT2D eigenvalue weighted by atomic mass is 35.5. The second-order valence-electron chi connectivity index (χ2n) is 5.96. The first kappa shape index (κ1) is 21.6. The van der Waals surface area contributed by atoms with Gasteiger partial charge in [0, 0.05) is 6.54 Å². The summed E-state index contributed by atoms with van der Waals surface area (Å²) in [5, 5.41) is 2.00. The fraction of sp³-hybridized carbons (Fsp3) is 0.533. The molecule has 1 aromatic rings. The van der Waals surface area contributed by atoms with Gasteiger partial charge in [-0.2, -0.15) is 13.2 Å². The number of rotatable bonds is 7. The minimum Gasteiger partial charge on any atom is -0.355 e. The van der Waals surface area contributed by atoms with E-state index in [0.29, 0.717) is 29.3 Å². The van der Waals surface area contributed by atoms with Gasteiger partial charge in [0.2, 0.25) is 15.9 Å². The third kappa shape index (κ3) is 6.74. The Morgan fingerprint density at radius 3 is 2.40 bits per heavy atom. The molecule has 0 radical (unpaired) electrons. The van der Waals surface area contributed by atoms with E-state index in [0.717, 1.165) is 18.4 Å². The molecular weight excluding hydrogens is 381 g/mol. The number of amides is 1. The lowest BCUT2D eigenvalue weighted by Gasteiger charge is -2.23. The minimum atomic E-state index is -4.74. The molecule has 0 atom stereocenters. The predicted molar refractivity (Wildman–Crippen MR) is 91.1 cm³/mol. The van der Waals surface area contributed by atoms with Crippen LogP contribution in [0.2, 0.25) is 5.02 Å². The standard InChI is InChI=1S/C15H20ClF3N2O3S/c1-10(2)6-7-20-14(22)9-21(25(3,23)24)11-4-5-13(16)12(8-11)15(17,18)19/h4-5,8,10H,6-7,9H2,1-3H3,(H,20,22). The van der Waals surface area contributed by atoms with E-state index in [4.69, 9.17) is 11.6 Å². The first-order valence-electron chi connectivity index (χ1n) is 7.43. The van der Waals surface area contributed by atoms with Crippen molar-refractivity contribution in [3.8, 4) is 0 Å². The number of nitrogens with zero attached hydrogens (tertiary/aromatic N) is 1. The summed E-state index contributed by atoms with van der Waals surface area (Å²) < 4.78 is 63.4. The first-order valence-corrected chi connectivity index (χ1v) is 9.66. The molecular formula is C15H20ClF3N2O3S. The molecule has 1 amide bonds. The lowest BCUT2D eigenvalue weighted by Crippen LogP contribution is -2.40. The third-order valence-corrected chi connectivity index (χ3v) is 4.74. The molecule has 0 unspecified atom stereocenters. The second-order valence-corrected chi connectivity index (χ2v) is 8.28. The molecule has 0 spiro atoms.